The lowest BCUT2D eigenvalue weighted by atomic mass is 10.0. The minimum Gasteiger partial charge on any atom is -0.497 e. The molecule has 0 saturated heterocycles. The Morgan fingerprint density at radius 1 is 1.33 bits per heavy atom. The molecular formula is C17H14N2OS. The molecule has 0 unspecified atom stereocenters. The zero-order valence-electron chi connectivity index (χ0n) is 11.7. The smallest absolute Gasteiger partial charge is 0.119 e. The van der Waals surface area contributed by atoms with E-state index >= 15 is 0 Å². The molecule has 0 aliphatic carbocycles. The van der Waals surface area contributed by atoms with Gasteiger partial charge in [-0.25, -0.2) is 0 Å². The normalized spacial score (nSPS) is 10.5. The molecule has 0 bridgehead atoms. The number of benzene rings is 1. The van der Waals surface area contributed by atoms with Crippen LogP contribution in [0.15, 0.2) is 42.7 Å². The van der Waals surface area contributed by atoms with Crippen LogP contribution in [0.3, 0.4) is 0 Å². The summed E-state index contributed by atoms with van der Waals surface area (Å²) in [5, 5.41) is 10.3. The first-order valence-corrected chi connectivity index (χ1v) is 7.47. The maximum absolute atomic E-state index is 9.13. The number of methoxy groups -OCH3 is 1. The van der Waals surface area contributed by atoms with E-state index in [1.54, 1.807) is 24.6 Å². The molecule has 2 heterocycles. The van der Waals surface area contributed by atoms with Gasteiger partial charge in [0.2, 0.25) is 0 Å². The second-order valence-electron chi connectivity index (χ2n) is 4.74. The Morgan fingerprint density at radius 2 is 2.24 bits per heavy atom. The summed E-state index contributed by atoms with van der Waals surface area (Å²) >= 11 is 1.74. The van der Waals surface area contributed by atoms with Crippen molar-refractivity contribution < 1.29 is 4.74 Å². The van der Waals surface area contributed by atoms with Crippen LogP contribution in [0.4, 0.5) is 0 Å². The molecule has 0 N–H and O–H groups in total. The fraction of sp³-hybridized carbons (Fsp3) is 0.176. The highest BCUT2D eigenvalue weighted by Crippen LogP contribution is 2.35. The van der Waals surface area contributed by atoms with Crippen LogP contribution in [0.25, 0.3) is 10.1 Å². The van der Waals surface area contributed by atoms with Gasteiger partial charge in [-0.1, -0.05) is 6.07 Å². The van der Waals surface area contributed by atoms with Gasteiger partial charge in [-0.05, 0) is 35.4 Å². The largest absolute Gasteiger partial charge is 0.497 e. The summed E-state index contributed by atoms with van der Waals surface area (Å²) in [6, 6.07) is 12.3. The van der Waals surface area contributed by atoms with E-state index in [0.29, 0.717) is 6.42 Å². The Labute approximate surface area is 127 Å². The molecular weight excluding hydrogens is 280 g/mol. The van der Waals surface area contributed by atoms with Gasteiger partial charge in [0.25, 0.3) is 0 Å². The van der Waals surface area contributed by atoms with Gasteiger partial charge in [-0.3, -0.25) is 4.98 Å². The third-order valence-corrected chi connectivity index (χ3v) is 4.64. The van der Waals surface area contributed by atoms with Gasteiger partial charge in [0.15, 0.2) is 0 Å². The molecule has 1 aromatic carbocycles. The van der Waals surface area contributed by atoms with Crippen molar-refractivity contribution in [3.63, 3.8) is 0 Å². The number of pyridine rings is 1. The predicted molar refractivity (Wildman–Crippen MR) is 84.7 cm³/mol. The highest BCUT2D eigenvalue weighted by molar-refractivity contribution is 7.19. The van der Waals surface area contributed by atoms with Gasteiger partial charge < -0.3 is 4.74 Å². The third-order valence-electron chi connectivity index (χ3n) is 3.42. The fourth-order valence-corrected chi connectivity index (χ4v) is 3.65. The number of rotatable bonds is 4. The number of aromatic nitrogens is 1. The number of fused-ring (bicyclic) bond motifs is 1. The molecule has 0 saturated carbocycles. The van der Waals surface area contributed by atoms with Crippen LogP contribution in [0.2, 0.25) is 0 Å². The summed E-state index contributed by atoms with van der Waals surface area (Å²) < 4.78 is 6.49. The van der Waals surface area contributed by atoms with Crippen LogP contribution in [0.5, 0.6) is 5.75 Å². The summed E-state index contributed by atoms with van der Waals surface area (Å²) in [6.45, 7) is 0. The van der Waals surface area contributed by atoms with Crippen LogP contribution in [0.1, 0.15) is 16.0 Å². The van der Waals surface area contributed by atoms with Crippen molar-refractivity contribution in [2.24, 2.45) is 0 Å². The molecule has 4 heteroatoms. The summed E-state index contributed by atoms with van der Waals surface area (Å²) in [7, 11) is 1.66. The van der Waals surface area contributed by atoms with Crippen molar-refractivity contribution in [1.82, 2.24) is 4.98 Å². The zero-order chi connectivity index (χ0) is 14.7. The van der Waals surface area contributed by atoms with Gasteiger partial charge in [-0.2, -0.15) is 5.26 Å². The second-order valence-corrected chi connectivity index (χ2v) is 5.88. The summed E-state index contributed by atoms with van der Waals surface area (Å²) in [6.07, 6.45) is 4.88. The van der Waals surface area contributed by atoms with E-state index in [1.807, 2.05) is 24.4 Å². The van der Waals surface area contributed by atoms with Crippen LogP contribution < -0.4 is 4.74 Å². The van der Waals surface area contributed by atoms with Crippen molar-refractivity contribution in [2.75, 3.05) is 7.11 Å². The van der Waals surface area contributed by atoms with Gasteiger partial charge in [0.1, 0.15) is 5.75 Å². The van der Waals surface area contributed by atoms with Crippen molar-refractivity contribution in [2.45, 2.75) is 12.8 Å². The molecule has 2 aromatic heterocycles. The monoisotopic (exact) mass is 294 g/mol. The Balaban J connectivity index is 2.09. The molecule has 0 spiro atoms. The van der Waals surface area contributed by atoms with Crippen molar-refractivity contribution in [3.8, 4) is 11.8 Å². The lowest BCUT2D eigenvalue weighted by Crippen LogP contribution is -1.91. The Kier molecular flexibility index (Phi) is 3.85. The predicted octanol–water partition coefficient (Wildman–Crippen LogP) is 3.96. The molecule has 3 aromatic rings. The Bertz CT molecular complexity index is 803. The Morgan fingerprint density at radius 3 is 2.95 bits per heavy atom. The summed E-state index contributed by atoms with van der Waals surface area (Å²) in [4.78, 5) is 5.39. The average molecular weight is 294 g/mol. The first kappa shape index (κ1) is 13.6. The number of hydrogen-bond donors (Lipinski definition) is 0. The number of ether oxygens (including phenoxy) is 1. The van der Waals surface area contributed by atoms with Crippen LogP contribution in [-0.2, 0) is 12.8 Å². The average Bonchev–Trinajstić information content (AvgIpc) is 2.85. The van der Waals surface area contributed by atoms with Gasteiger partial charge in [0, 0.05) is 33.8 Å². The van der Waals surface area contributed by atoms with Crippen molar-refractivity contribution >= 4 is 21.4 Å². The van der Waals surface area contributed by atoms with Crippen LogP contribution in [0, 0.1) is 11.3 Å². The topological polar surface area (TPSA) is 45.9 Å². The van der Waals surface area contributed by atoms with Crippen molar-refractivity contribution in [1.29, 1.82) is 5.26 Å². The molecule has 0 atom stereocenters. The zero-order valence-corrected chi connectivity index (χ0v) is 12.5. The molecule has 3 rings (SSSR count). The number of nitrogens with zero attached hydrogens (tertiary/aromatic N) is 2. The van der Waals surface area contributed by atoms with E-state index in [0.717, 1.165) is 28.7 Å². The maximum Gasteiger partial charge on any atom is 0.119 e. The molecule has 0 aliphatic heterocycles. The van der Waals surface area contributed by atoms with Gasteiger partial charge in [-0.15, -0.1) is 11.3 Å². The van der Waals surface area contributed by atoms with Gasteiger partial charge >= 0.3 is 0 Å². The van der Waals surface area contributed by atoms with E-state index in [-0.39, 0.29) is 0 Å². The van der Waals surface area contributed by atoms with Crippen LogP contribution in [-0.4, -0.2) is 12.1 Å². The molecule has 3 nitrogen and oxygen atoms in total. The first-order chi connectivity index (χ1) is 10.3. The number of nitriles is 1. The highest BCUT2D eigenvalue weighted by Gasteiger charge is 2.13. The standard InChI is InChI=1S/C17H14N2OS/c1-20-13-4-5-16-15(10-13)14(6-7-18)17(21-16)9-12-3-2-8-19-11-12/h2-5,8,10-11H,6,9H2,1H3. The quantitative estimate of drug-likeness (QED) is 0.731. The lowest BCUT2D eigenvalue weighted by Gasteiger charge is -2.02. The van der Waals surface area contributed by atoms with Crippen LogP contribution >= 0.6 is 11.3 Å². The summed E-state index contributed by atoms with van der Waals surface area (Å²) in [5.74, 6) is 0.826. The second kappa shape index (κ2) is 5.94. The minimum atomic E-state index is 0.419. The third kappa shape index (κ3) is 2.74. The molecule has 104 valence electrons. The SMILES string of the molecule is COc1ccc2sc(Cc3cccnc3)c(CC#N)c2c1. The van der Waals surface area contributed by atoms with Gasteiger partial charge in [0.05, 0.1) is 19.6 Å². The minimum absolute atomic E-state index is 0.419. The van der Waals surface area contributed by atoms with E-state index in [9.17, 15) is 0 Å². The number of thiophene rings is 1. The van der Waals surface area contributed by atoms with E-state index < -0.39 is 0 Å². The highest BCUT2D eigenvalue weighted by atomic mass is 32.1. The maximum atomic E-state index is 9.13. The molecule has 0 fully saturated rings. The van der Waals surface area contributed by atoms with Crippen molar-refractivity contribution in [3.05, 3.63) is 58.7 Å². The van der Waals surface area contributed by atoms with E-state index in [4.69, 9.17) is 10.00 Å². The molecule has 0 aliphatic rings. The molecule has 0 amide bonds. The number of hydrogen-bond acceptors (Lipinski definition) is 4. The summed E-state index contributed by atoms with van der Waals surface area (Å²) in [5.41, 5.74) is 2.27. The Hall–Kier alpha value is -2.38. The van der Waals surface area contributed by atoms with E-state index in [2.05, 4.69) is 23.2 Å². The van der Waals surface area contributed by atoms with E-state index in [1.165, 1.54) is 9.58 Å². The molecule has 21 heavy (non-hydrogen) atoms. The first-order valence-electron chi connectivity index (χ1n) is 6.66. The lowest BCUT2D eigenvalue weighted by molar-refractivity contribution is 0.415. The fourth-order valence-electron chi connectivity index (χ4n) is 2.41. The molecule has 0 radical (unpaired) electrons.